The lowest BCUT2D eigenvalue weighted by atomic mass is 9.99. The molecular weight excluding hydrogens is 960 g/mol. The second-order valence-electron chi connectivity index (χ2n) is 18.9. The normalized spacial score (nSPS) is 18.8. The number of hydrogen-bond acceptors (Lipinski definition) is 14. The first-order chi connectivity index (χ1) is 33.2. The minimum Gasteiger partial charge on any atom is -0.492 e. The monoisotopic (exact) mass is 1020 g/mol. The molecule has 6 heterocycles. The van der Waals surface area contributed by atoms with Crippen molar-refractivity contribution in [2.75, 3.05) is 81.3 Å². The van der Waals surface area contributed by atoms with Gasteiger partial charge in [-0.15, -0.1) is 0 Å². The van der Waals surface area contributed by atoms with Gasteiger partial charge in [0, 0.05) is 98.2 Å². The Bertz CT molecular complexity index is 2980. The van der Waals surface area contributed by atoms with Crippen LogP contribution in [-0.2, 0) is 28.6 Å². The van der Waals surface area contributed by atoms with Crippen LogP contribution in [0.5, 0.6) is 5.75 Å². The molecular formula is C51H64BrN10O6P. The predicted octanol–water partition coefficient (Wildman–Crippen LogP) is 7.86. The van der Waals surface area contributed by atoms with Crippen LogP contribution in [0.4, 0.5) is 28.8 Å². The number of hydrogen-bond donors (Lipinski definition) is 4. The SMILES string of the molecule is CCOc1cc(N2CCC(N3CCN(CCc4c(C)ccc5c4oc(=O)n5C4CCC(=O)NC4O)CC3)CC2)c(CC)cc1Nc1ncc(Br)c(Nc2ccc3nc(CC)ccc3c2P(C)(C)=O)n1. The predicted molar refractivity (Wildman–Crippen MR) is 278 cm³/mol. The van der Waals surface area contributed by atoms with Crippen LogP contribution in [0.2, 0.25) is 0 Å². The molecule has 6 aromatic rings. The van der Waals surface area contributed by atoms with Crippen molar-refractivity contribution < 1.29 is 23.6 Å². The number of piperazine rings is 1. The summed E-state index contributed by atoms with van der Waals surface area (Å²) >= 11 is 3.65. The molecule has 3 aliphatic heterocycles. The Labute approximate surface area is 411 Å². The van der Waals surface area contributed by atoms with Gasteiger partial charge in [0.2, 0.25) is 11.9 Å². The molecule has 1 amide bonds. The molecule has 2 atom stereocenters. The average Bonchev–Trinajstić information content (AvgIpc) is 3.67. The molecule has 366 valence electrons. The summed E-state index contributed by atoms with van der Waals surface area (Å²) in [7, 11) is -2.74. The van der Waals surface area contributed by atoms with Crippen LogP contribution in [-0.4, -0.2) is 118 Å². The number of pyridine rings is 1. The molecule has 3 saturated heterocycles. The number of nitrogens with zero attached hydrogens (tertiary/aromatic N) is 7. The summed E-state index contributed by atoms with van der Waals surface area (Å²) in [5, 5.41) is 21.7. The van der Waals surface area contributed by atoms with E-state index in [1.807, 2.05) is 50.2 Å². The Hall–Kier alpha value is -5.32. The van der Waals surface area contributed by atoms with Crippen molar-refractivity contribution >= 4 is 85.1 Å². The van der Waals surface area contributed by atoms with Crippen molar-refractivity contribution in [3.05, 3.63) is 92.1 Å². The van der Waals surface area contributed by atoms with Crippen LogP contribution in [0, 0.1) is 6.92 Å². The van der Waals surface area contributed by atoms with Gasteiger partial charge in [-0.2, -0.15) is 4.98 Å². The molecule has 0 spiro atoms. The number of fused-ring (bicyclic) bond motifs is 2. The van der Waals surface area contributed by atoms with E-state index >= 15 is 0 Å². The van der Waals surface area contributed by atoms with E-state index in [1.165, 1.54) is 15.8 Å². The molecule has 4 N–H and O–H groups in total. The second kappa shape index (κ2) is 20.6. The maximum absolute atomic E-state index is 13.8. The number of ether oxygens (including phenoxy) is 1. The van der Waals surface area contributed by atoms with E-state index in [4.69, 9.17) is 19.1 Å². The maximum Gasteiger partial charge on any atom is 0.420 e. The molecule has 18 heteroatoms. The molecule has 2 unspecified atom stereocenters. The van der Waals surface area contributed by atoms with Gasteiger partial charge >= 0.3 is 5.76 Å². The van der Waals surface area contributed by atoms with Crippen LogP contribution >= 0.6 is 23.1 Å². The zero-order chi connectivity index (χ0) is 48.6. The molecule has 0 radical (unpaired) electrons. The lowest BCUT2D eigenvalue weighted by molar-refractivity contribution is -0.128. The van der Waals surface area contributed by atoms with Crippen molar-refractivity contribution in [1.82, 2.24) is 34.6 Å². The number of aliphatic hydroxyl groups is 1. The van der Waals surface area contributed by atoms with Crippen LogP contribution in [0.25, 0.3) is 22.0 Å². The van der Waals surface area contributed by atoms with Crippen LogP contribution in [0.3, 0.4) is 0 Å². The zero-order valence-electron chi connectivity index (χ0n) is 40.5. The van der Waals surface area contributed by atoms with Crippen molar-refractivity contribution in [1.29, 1.82) is 0 Å². The number of aliphatic hydroxyl groups excluding tert-OH is 1. The smallest absolute Gasteiger partial charge is 0.420 e. The third kappa shape index (κ3) is 10.3. The number of aryl methyl sites for hydroxylation is 3. The first-order valence-electron chi connectivity index (χ1n) is 24.4. The number of carbonyl (C=O) groups excluding carboxylic acids is 1. The number of piperidine rings is 2. The van der Waals surface area contributed by atoms with Gasteiger partial charge in [0.15, 0.2) is 5.58 Å². The summed E-state index contributed by atoms with van der Waals surface area (Å²) in [5.74, 6) is 0.948. The summed E-state index contributed by atoms with van der Waals surface area (Å²) in [5.41, 5.74) is 9.04. The van der Waals surface area contributed by atoms with Crippen molar-refractivity contribution in [2.45, 2.75) is 91.0 Å². The molecule has 16 nitrogen and oxygen atoms in total. The number of halogens is 1. The minimum atomic E-state index is -2.74. The van der Waals surface area contributed by atoms with Crippen molar-refractivity contribution in [3.63, 3.8) is 0 Å². The fourth-order valence-corrected chi connectivity index (χ4v) is 12.2. The highest BCUT2D eigenvalue weighted by Crippen LogP contribution is 2.43. The van der Waals surface area contributed by atoms with E-state index in [0.717, 1.165) is 122 Å². The molecule has 3 fully saturated rings. The van der Waals surface area contributed by atoms with Gasteiger partial charge in [-0.25, -0.2) is 9.78 Å². The Morgan fingerprint density at radius 1 is 0.928 bits per heavy atom. The van der Waals surface area contributed by atoms with Gasteiger partial charge in [0.1, 0.15) is 24.9 Å². The molecule has 9 rings (SSSR count). The number of anilines is 5. The quantitative estimate of drug-likeness (QED) is 0.0730. The fourth-order valence-electron chi connectivity index (χ4n) is 10.4. The highest BCUT2D eigenvalue weighted by atomic mass is 79.9. The van der Waals surface area contributed by atoms with Crippen molar-refractivity contribution in [2.24, 2.45) is 0 Å². The first kappa shape index (κ1) is 48.7. The summed E-state index contributed by atoms with van der Waals surface area (Å²) in [6.07, 6.45) is 5.76. The largest absolute Gasteiger partial charge is 0.492 e. The van der Waals surface area contributed by atoms with Gasteiger partial charge in [-0.3, -0.25) is 19.2 Å². The van der Waals surface area contributed by atoms with Crippen LogP contribution in [0.1, 0.15) is 74.9 Å². The Morgan fingerprint density at radius 3 is 2.42 bits per heavy atom. The van der Waals surface area contributed by atoms with Gasteiger partial charge in [-0.1, -0.05) is 26.0 Å². The standard InChI is InChI=1S/C51H64BrN10O6P/c1-7-32-28-40(56-50-53-30-37(52)48(58-50)55-39-14-13-38-36(47(39)69(5,6)66)12-11-33(8-2)54-38)44(67-9-3)29-43(32)61-22-18-34(19-23-61)60-26-24-59(25-27-60)21-20-35-31(4)10-15-41-46(35)68-51(65)62(41)42-16-17-45(63)57-49(42)64/h10-15,28-30,34,42,49,64H,7-9,16-27H2,1-6H3,(H,57,63)(H2,53,55,56,58). The Kier molecular flexibility index (Phi) is 14.5. The van der Waals surface area contributed by atoms with E-state index in [9.17, 15) is 19.3 Å². The number of nitrogens with one attached hydrogen (secondary N) is 3. The van der Waals surface area contributed by atoms with Crippen molar-refractivity contribution in [3.8, 4) is 5.75 Å². The van der Waals surface area contributed by atoms with Gasteiger partial charge in [0.25, 0.3) is 0 Å². The molecule has 0 saturated carbocycles. The lowest BCUT2D eigenvalue weighted by Crippen LogP contribution is -2.53. The van der Waals surface area contributed by atoms with E-state index in [2.05, 4.69) is 77.5 Å². The number of aromatic nitrogens is 4. The summed E-state index contributed by atoms with van der Waals surface area (Å²) in [6.45, 7) is 19.1. The third-order valence-corrected chi connectivity index (χ3v) is 16.2. The molecule has 3 aromatic heterocycles. The van der Waals surface area contributed by atoms with E-state index in [0.29, 0.717) is 52.1 Å². The Balaban J connectivity index is 0.830. The Morgan fingerprint density at radius 2 is 1.71 bits per heavy atom. The van der Waals surface area contributed by atoms with Crippen LogP contribution < -0.4 is 36.6 Å². The van der Waals surface area contributed by atoms with E-state index in [-0.39, 0.29) is 12.3 Å². The number of amides is 1. The van der Waals surface area contributed by atoms with Crippen LogP contribution in [0.15, 0.2) is 68.4 Å². The molecule has 69 heavy (non-hydrogen) atoms. The summed E-state index contributed by atoms with van der Waals surface area (Å²) < 4.78 is 28.1. The highest BCUT2D eigenvalue weighted by Gasteiger charge is 2.33. The number of rotatable bonds is 15. The van der Waals surface area contributed by atoms with Gasteiger partial charge in [-0.05, 0) is 123 Å². The van der Waals surface area contributed by atoms with Gasteiger partial charge in [0.05, 0.1) is 39.5 Å². The van der Waals surface area contributed by atoms with E-state index < -0.39 is 25.2 Å². The maximum atomic E-state index is 13.8. The minimum absolute atomic E-state index is 0.219. The first-order valence-corrected chi connectivity index (χ1v) is 27.8. The number of benzene rings is 3. The topological polar surface area (TPSA) is 183 Å². The molecule has 3 aliphatic rings. The highest BCUT2D eigenvalue weighted by molar-refractivity contribution is 9.10. The van der Waals surface area contributed by atoms with Gasteiger partial charge < -0.3 is 44.6 Å². The summed E-state index contributed by atoms with van der Waals surface area (Å²) in [6, 6.07) is 16.1. The third-order valence-electron chi connectivity index (χ3n) is 14.1. The molecule has 0 bridgehead atoms. The molecule has 3 aromatic carbocycles. The number of carbonyl (C=O) groups is 1. The number of oxazole rings is 1. The second-order valence-corrected chi connectivity index (χ2v) is 22.9. The fraction of sp³-hybridized carbons (Fsp3) is 0.471. The lowest BCUT2D eigenvalue weighted by Gasteiger charge is -2.43. The zero-order valence-corrected chi connectivity index (χ0v) is 43.0. The van der Waals surface area contributed by atoms with E-state index in [1.54, 1.807) is 19.5 Å². The summed E-state index contributed by atoms with van der Waals surface area (Å²) in [4.78, 5) is 47.0. The average molecular weight is 1020 g/mol. The molecule has 0 aliphatic carbocycles.